The fourth-order valence-corrected chi connectivity index (χ4v) is 4.90. The Labute approximate surface area is 187 Å². The average Bonchev–Trinajstić information content (AvgIpc) is 2.59. The molecule has 28 heavy (non-hydrogen) atoms. The third kappa shape index (κ3) is 4.94. The van der Waals surface area contributed by atoms with Crippen LogP contribution in [-0.4, -0.2) is 61.2 Å². The predicted molar refractivity (Wildman–Crippen MR) is 124 cm³/mol. The Hall–Kier alpha value is -0.570. The Kier molecular flexibility index (Phi) is 8.85. The number of ether oxygens (including phenoxy) is 1. The zero-order chi connectivity index (χ0) is 19.4. The molecule has 1 amide bonds. The van der Waals surface area contributed by atoms with Crippen molar-refractivity contribution in [3.05, 3.63) is 0 Å². The maximum Gasteiger partial charge on any atom is 0.225 e. The summed E-state index contributed by atoms with van der Waals surface area (Å²) in [5.74, 6) is 1.30. The van der Waals surface area contributed by atoms with Crippen molar-refractivity contribution in [1.82, 2.24) is 15.5 Å². The van der Waals surface area contributed by atoms with Gasteiger partial charge < -0.3 is 20.3 Å². The van der Waals surface area contributed by atoms with Crippen LogP contribution in [0.2, 0.25) is 0 Å². The van der Waals surface area contributed by atoms with E-state index >= 15 is 0 Å². The molecule has 0 radical (unpaired) electrons. The molecule has 6 nitrogen and oxygen atoms in total. The molecule has 1 aliphatic heterocycles. The number of hydrogen-bond acceptors (Lipinski definition) is 3. The fourth-order valence-electron chi connectivity index (χ4n) is 4.90. The van der Waals surface area contributed by atoms with Crippen molar-refractivity contribution >= 4 is 35.8 Å². The second-order valence-electron chi connectivity index (χ2n) is 8.68. The lowest BCUT2D eigenvalue weighted by molar-refractivity contribution is -0.168. The molecule has 3 rings (SSSR count). The normalized spacial score (nSPS) is 27.0. The fraction of sp³-hybridized carbons (Fsp3) is 0.905. The first-order valence-corrected chi connectivity index (χ1v) is 11.0. The van der Waals surface area contributed by atoms with Crippen molar-refractivity contribution in [2.75, 3.05) is 26.2 Å². The highest BCUT2D eigenvalue weighted by Crippen LogP contribution is 2.57. The van der Waals surface area contributed by atoms with E-state index < -0.39 is 0 Å². The molecular weight excluding hydrogens is 467 g/mol. The lowest BCUT2D eigenvalue weighted by Gasteiger charge is -2.61. The first kappa shape index (κ1) is 23.7. The van der Waals surface area contributed by atoms with E-state index in [-0.39, 0.29) is 35.8 Å². The van der Waals surface area contributed by atoms with E-state index in [1.54, 1.807) is 0 Å². The topological polar surface area (TPSA) is 66.0 Å². The van der Waals surface area contributed by atoms with Gasteiger partial charge in [0.25, 0.3) is 0 Å². The molecule has 1 heterocycles. The van der Waals surface area contributed by atoms with Crippen LogP contribution < -0.4 is 10.6 Å². The summed E-state index contributed by atoms with van der Waals surface area (Å²) in [5.41, 5.74) is 0.333. The molecule has 0 aromatic rings. The van der Waals surface area contributed by atoms with E-state index in [2.05, 4.69) is 24.5 Å². The van der Waals surface area contributed by atoms with Gasteiger partial charge in [-0.3, -0.25) is 9.79 Å². The van der Waals surface area contributed by atoms with Crippen molar-refractivity contribution in [3.63, 3.8) is 0 Å². The molecule has 1 saturated heterocycles. The van der Waals surface area contributed by atoms with Gasteiger partial charge in [0, 0.05) is 49.7 Å². The van der Waals surface area contributed by atoms with E-state index in [0.29, 0.717) is 23.6 Å². The molecule has 2 saturated carbocycles. The first-order valence-electron chi connectivity index (χ1n) is 11.0. The molecule has 0 aromatic carbocycles. The molecule has 0 aromatic heterocycles. The summed E-state index contributed by atoms with van der Waals surface area (Å²) in [7, 11) is 0. The average molecular weight is 506 g/mol. The molecule has 162 valence electrons. The molecule has 7 heteroatoms. The quantitative estimate of drug-likeness (QED) is 0.330. The number of aliphatic imine (C=N–C) groups is 1. The van der Waals surface area contributed by atoms with Gasteiger partial charge in [0.15, 0.2) is 5.96 Å². The van der Waals surface area contributed by atoms with Crippen LogP contribution in [0.1, 0.15) is 66.2 Å². The highest BCUT2D eigenvalue weighted by Gasteiger charge is 2.59. The summed E-state index contributed by atoms with van der Waals surface area (Å²) in [5, 5.41) is 7.35. The SMILES string of the molecule is CCN=C(NC1CCN(C(=O)C(C)C)CC1)NC1CC(OCC)C12CCC2.I. The molecule has 2 aliphatic carbocycles. The van der Waals surface area contributed by atoms with Crippen LogP contribution in [0.25, 0.3) is 0 Å². The number of halogens is 1. The van der Waals surface area contributed by atoms with Crippen molar-refractivity contribution in [1.29, 1.82) is 0 Å². The van der Waals surface area contributed by atoms with Crippen LogP contribution in [0.4, 0.5) is 0 Å². The van der Waals surface area contributed by atoms with Crippen LogP contribution in [0.15, 0.2) is 4.99 Å². The number of nitrogens with zero attached hydrogens (tertiary/aromatic N) is 2. The van der Waals surface area contributed by atoms with Gasteiger partial charge in [-0.2, -0.15) is 0 Å². The number of carbonyl (C=O) groups excluding carboxylic acids is 1. The van der Waals surface area contributed by atoms with Crippen LogP contribution in [-0.2, 0) is 9.53 Å². The van der Waals surface area contributed by atoms with Crippen LogP contribution in [0.3, 0.4) is 0 Å². The van der Waals surface area contributed by atoms with Crippen molar-refractivity contribution in [3.8, 4) is 0 Å². The van der Waals surface area contributed by atoms with Gasteiger partial charge in [-0.25, -0.2) is 0 Å². The molecule has 2 N–H and O–H groups in total. The Balaban J connectivity index is 0.00000280. The maximum atomic E-state index is 12.2. The summed E-state index contributed by atoms with van der Waals surface area (Å²) in [4.78, 5) is 18.9. The van der Waals surface area contributed by atoms with E-state index in [1.807, 2.05) is 18.7 Å². The molecule has 0 bridgehead atoms. The number of piperidine rings is 1. The minimum Gasteiger partial charge on any atom is -0.378 e. The molecule has 2 unspecified atom stereocenters. The Morgan fingerprint density at radius 2 is 1.89 bits per heavy atom. The third-order valence-corrected chi connectivity index (χ3v) is 6.71. The minimum atomic E-state index is 0. The summed E-state index contributed by atoms with van der Waals surface area (Å²) >= 11 is 0. The highest BCUT2D eigenvalue weighted by molar-refractivity contribution is 14.0. The number of guanidine groups is 1. The lowest BCUT2D eigenvalue weighted by atomic mass is 9.51. The van der Waals surface area contributed by atoms with Gasteiger partial charge in [-0.1, -0.05) is 20.3 Å². The Bertz CT molecular complexity index is 543. The summed E-state index contributed by atoms with van der Waals surface area (Å²) in [6.07, 6.45) is 7.33. The summed E-state index contributed by atoms with van der Waals surface area (Å²) < 4.78 is 5.97. The monoisotopic (exact) mass is 506 g/mol. The zero-order valence-electron chi connectivity index (χ0n) is 18.0. The van der Waals surface area contributed by atoms with Gasteiger partial charge in [-0.05, 0) is 46.0 Å². The second-order valence-corrected chi connectivity index (χ2v) is 8.68. The maximum absolute atomic E-state index is 12.2. The van der Waals surface area contributed by atoms with Crippen LogP contribution in [0, 0.1) is 11.3 Å². The number of nitrogens with one attached hydrogen (secondary N) is 2. The number of amides is 1. The van der Waals surface area contributed by atoms with Crippen molar-refractivity contribution in [2.45, 2.75) is 84.4 Å². The molecular formula is C21H39IN4O2. The number of rotatable bonds is 6. The summed E-state index contributed by atoms with van der Waals surface area (Å²) in [6.45, 7) is 11.4. The van der Waals surface area contributed by atoms with Crippen molar-refractivity contribution in [2.24, 2.45) is 16.3 Å². The lowest BCUT2D eigenvalue weighted by Crippen LogP contribution is -2.69. The Morgan fingerprint density at radius 3 is 2.39 bits per heavy atom. The molecule has 3 aliphatic rings. The van der Waals surface area contributed by atoms with E-state index in [4.69, 9.17) is 9.73 Å². The van der Waals surface area contributed by atoms with Gasteiger partial charge >= 0.3 is 0 Å². The molecule has 3 fully saturated rings. The molecule has 1 spiro atoms. The van der Waals surface area contributed by atoms with Gasteiger partial charge in [-0.15, -0.1) is 24.0 Å². The van der Waals surface area contributed by atoms with Gasteiger partial charge in [0.1, 0.15) is 0 Å². The Morgan fingerprint density at radius 1 is 1.21 bits per heavy atom. The standard InChI is InChI=1S/C21H38N4O2.HI/c1-5-22-20(23-16-8-12-25(13-9-16)19(26)15(3)4)24-17-14-18(27-6-2)21(17)10-7-11-21;/h15-18H,5-14H2,1-4H3,(H2,22,23,24);1H. The predicted octanol–water partition coefficient (Wildman–Crippen LogP) is 3.15. The summed E-state index contributed by atoms with van der Waals surface area (Å²) in [6, 6.07) is 0.863. The van der Waals surface area contributed by atoms with E-state index in [9.17, 15) is 4.79 Å². The van der Waals surface area contributed by atoms with Gasteiger partial charge in [0.2, 0.25) is 5.91 Å². The van der Waals surface area contributed by atoms with Crippen LogP contribution >= 0.6 is 24.0 Å². The smallest absolute Gasteiger partial charge is 0.225 e. The zero-order valence-corrected chi connectivity index (χ0v) is 20.3. The van der Waals surface area contributed by atoms with Crippen LogP contribution in [0.5, 0.6) is 0 Å². The van der Waals surface area contributed by atoms with Gasteiger partial charge in [0.05, 0.1) is 6.10 Å². The third-order valence-electron chi connectivity index (χ3n) is 6.71. The van der Waals surface area contributed by atoms with E-state index in [0.717, 1.165) is 51.5 Å². The highest BCUT2D eigenvalue weighted by atomic mass is 127. The number of carbonyl (C=O) groups is 1. The largest absolute Gasteiger partial charge is 0.378 e. The van der Waals surface area contributed by atoms with Crippen molar-refractivity contribution < 1.29 is 9.53 Å². The number of hydrogen-bond donors (Lipinski definition) is 2. The number of likely N-dealkylation sites (tertiary alicyclic amines) is 1. The van der Waals surface area contributed by atoms with E-state index in [1.165, 1.54) is 19.3 Å². The molecule has 2 atom stereocenters. The second kappa shape index (κ2) is 10.5. The minimum absolute atomic E-state index is 0. The first-order chi connectivity index (χ1) is 13.0.